The van der Waals surface area contributed by atoms with Crippen LogP contribution in [0.15, 0.2) is 42.5 Å². The molecule has 5 heteroatoms. The van der Waals surface area contributed by atoms with Crippen LogP contribution < -0.4 is 4.74 Å². The lowest BCUT2D eigenvalue weighted by atomic mass is 9.88. The Hall–Kier alpha value is -2.69. The van der Waals surface area contributed by atoms with Crippen molar-refractivity contribution in [1.82, 2.24) is 0 Å². The van der Waals surface area contributed by atoms with E-state index in [2.05, 4.69) is 0 Å². The van der Waals surface area contributed by atoms with Crippen LogP contribution in [-0.4, -0.2) is 10.9 Å². The standard InChI is InChI=1S/C19H21NO4/c1-12(2)16-10-14(20(22)23)11-17(13(3)4)18(16)19(21)24-15-8-6-5-7-9-15/h5-13H,1-4H3. The third-order valence-corrected chi connectivity index (χ3v) is 3.80. The van der Waals surface area contributed by atoms with Gasteiger partial charge in [0.1, 0.15) is 5.75 Å². The molecule has 2 rings (SSSR count). The van der Waals surface area contributed by atoms with Gasteiger partial charge < -0.3 is 4.74 Å². The topological polar surface area (TPSA) is 69.4 Å². The summed E-state index contributed by atoms with van der Waals surface area (Å²) in [5.41, 5.74) is 1.69. The molecule has 0 fully saturated rings. The van der Waals surface area contributed by atoms with Gasteiger partial charge in [0.25, 0.3) is 5.69 Å². The Labute approximate surface area is 141 Å². The van der Waals surface area contributed by atoms with E-state index in [1.165, 1.54) is 12.1 Å². The molecule has 0 atom stereocenters. The van der Waals surface area contributed by atoms with Gasteiger partial charge >= 0.3 is 5.97 Å². The molecule has 2 aromatic carbocycles. The van der Waals surface area contributed by atoms with Crippen LogP contribution in [0.4, 0.5) is 5.69 Å². The number of hydrogen-bond acceptors (Lipinski definition) is 4. The highest BCUT2D eigenvalue weighted by Gasteiger charge is 2.25. The summed E-state index contributed by atoms with van der Waals surface area (Å²) in [7, 11) is 0. The number of nitro benzene ring substituents is 1. The van der Waals surface area contributed by atoms with E-state index >= 15 is 0 Å². The van der Waals surface area contributed by atoms with Gasteiger partial charge in [-0.2, -0.15) is 0 Å². The molecule has 0 aromatic heterocycles. The predicted molar refractivity (Wildman–Crippen MR) is 92.7 cm³/mol. The summed E-state index contributed by atoms with van der Waals surface area (Å²) in [5, 5.41) is 11.2. The molecule has 0 bridgehead atoms. The number of rotatable bonds is 5. The van der Waals surface area contributed by atoms with Crippen molar-refractivity contribution in [3.63, 3.8) is 0 Å². The van der Waals surface area contributed by atoms with Gasteiger partial charge in [-0.1, -0.05) is 45.9 Å². The number of benzene rings is 2. The normalized spacial score (nSPS) is 10.9. The fourth-order valence-corrected chi connectivity index (χ4v) is 2.57. The minimum absolute atomic E-state index is 0.00124. The van der Waals surface area contributed by atoms with Gasteiger partial charge in [-0.25, -0.2) is 4.79 Å². The zero-order valence-corrected chi connectivity index (χ0v) is 14.3. The second-order valence-electron chi connectivity index (χ2n) is 6.27. The molecular formula is C19H21NO4. The molecule has 0 heterocycles. The molecule has 0 amide bonds. The van der Waals surface area contributed by atoms with E-state index in [0.29, 0.717) is 22.4 Å². The highest BCUT2D eigenvalue weighted by Crippen LogP contribution is 2.33. The van der Waals surface area contributed by atoms with Gasteiger partial charge in [0.15, 0.2) is 0 Å². The van der Waals surface area contributed by atoms with Crippen LogP contribution >= 0.6 is 0 Å². The third kappa shape index (κ3) is 3.79. The average molecular weight is 327 g/mol. The molecule has 5 nitrogen and oxygen atoms in total. The molecular weight excluding hydrogens is 306 g/mol. The average Bonchev–Trinajstić information content (AvgIpc) is 2.54. The van der Waals surface area contributed by atoms with Crippen LogP contribution in [-0.2, 0) is 0 Å². The Morgan fingerprint density at radius 3 is 1.92 bits per heavy atom. The highest BCUT2D eigenvalue weighted by molar-refractivity contribution is 5.95. The van der Waals surface area contributed by atoms with E-state index in [1.54, 1.807) is 24.3 Å². The molecule has 0 spiro atoms. The first-order chi connectivity index (χ1) is 11.3. The Morgan fingerprint density at radius 1 is 1.00 bits per heavy atom. The number of esters is 1. The maximum Gasteiger partial charge on any atom is 0.344 e. The van der Waals surface area contributed by atoms with Gasteiger partial charge in [-0.05, 0) is 35.1 Å². The Morgan fingerprint density at radius 2 is 1.50 bits per heavy atom. The third-order valence-electron chi connectivity index (χ3n) is 3.80. The minimum Gasteiger partial charge on any atom is -0.423 e. The maximum atomic E-state index is 12.8. The first-order valence-electron chi connectivity index (χ1n) is 7.90. The number of ether oxygens (including phenoxy) is 1. The van der Waals surface area contributed by atoms with E-state index in [4.69, 9.17) is 4.74 Å². The van der Waals surface area contributed by atoms with Gasteiger partial charge in [-0.3, -0.25) is 10.1 Å². The summed E-state index contributed by atoms with van der Waals surface area (Å²) in [6.45, 7) is 7.62. The lowest BCUT2D eigenvalue weighted by Crippen LogP contribution is -2.16. The molecule has 0 aliphatic rings. The summed E-state index contributed by atoms with van der Waals surface area (Å²) < 4.78 is 5.47. The number of nitrogens with zero attached hydrogens (tertiary/aromatic N) is 1. The molecule has 0 N–H and O–H groups in total. The fraction of sp³-hybridized carbons (Fsp3) is 0.316. The van der Waals surface area contributed by atoms with E-state index in [1.807, 2.05) is 33.8 Å². The molecule has 126 valence electrons. The van der Waals surface area contributed by atoms with E-state index in [-0.39, 0.29) is 17.5 Å². The number of nitro groups is 1. The van der Waals surface area contributed by atoms with Gasteiger partial charge in [-0.15, -0.1) is 0 Å². The van der Waals surface area contributed by atoms with Crippen molar-refractivity contribution in [3.8, 4) is 5.75 Å². The number of carbonyl (C=O) groups is 1. The second-order valence-corrected chi connectivity index (χ2v) is 6.27. The number of hydrogen-bond donors (Lipinski definition) is 0. The van der Waals surface area contributed by atoms with Crippen LogP contribution in [0.25, 0.3) is 0 Å². The van der Waals surface area contributed by atoms with Crippen LogP contribution in [0.5, 0.6) is 5.75 Å². The largest absolute Gasteiger partial charge is 0.423 e. The highest BCUT2D eigenvalue weighted by atomic mass is 16.6. The summed E-state index contributed by atoms with van der Waals surface area (Å²) in [6.07, 6.45) is 0. The summed E-state index contributed by atoms with van der Waals surface area (Å²) >= 11 is 0. The lowest BCUT2D eigenvalue weighted by Gasteiger charge is -2.18. The van der Waals surface area contributed by atoms with E-state index in [9.17, 15) is 14.9 Å². The molecule has 0 saturated heterocycles. The van der Waals surface area contributed by atoms with E-state index in [0.717, 1.165) is 0 Å². The van der Waals surface area contributed by atoms with Crippen LogP contribution in [0.1, 0.15) is 61.0 Å². The van der Waals surface area contributed by atoms with Gasteiger partial charge in [0.05, 0.1) is 10.5 Å². The van der Waals surface area contributed by atoms with Crippen LogP contribution in [0, 0.1) is 10.1 Å². The van der Waals surface area contributed by atoms with Gasteiger partial charge in [0, 0.05) is 12.1 Å². The van der Waals surface area contributed by atoms with E-state index < -0.39 is 10.9 Å². The van der Waals surface area contributed by atoms with Crippen molar-refractivity contribution >= 4 is 11.7 Å². The first kappa shape index (κ1) is 17.7. The molecule has 24 heavy (non-hydrogen) atoms. The van der Waals surface area contributed by atoms with Crippen molar-refractivity contribution in [1.29, 1.82) is 0 Å². The SMILES string of the molecule is CC(C)c1cc([N+](=O)[O-])cc(C(C)C)c1C(=O)Oc1ccccc1. The molecule has 0 unspecified atom stereocenters. The maximum absolute atomic E-state index is 12.8. The van der Waals surface area contributed by atoms with Crippen molar-refractivity contribution in [2.45, 2.75) is 39.5 Å². The molecule has 0 aliphatic carbocycles. The zero-order valence-electron chi connectivity index (χ0n) is 14.3. The lowest BCUT2D eigenvalue weighted by molar-refractivity contribution is -0.385. The summed E-state index contributed by atoms with van der Waals surface area (Å²) in [6, 6.07) is 11.7. The predicted octanol–water partition coefficient (Wildman–Crippen LogP) is 5.06. The summed E-state index contributed by atoms with van der Waals surface area (Å²) in [4.78, 5) is 23.5. The minimum atomic E-state index is -0.483. The quantitative estimate of drug-likeness (QED) is 0.333. The summed E-state index contributed by atoms with van der Waals surface area (Å²) in [5.74, 6) is -0.116. The van der Waals surface area contributed by atoms with Crippen molar-refractivity contribution < 1.29 is 14.5 Å². The zero-order chi connectivity index (χ0) is 17.9. The van der Waals surface area contributed by atoms with Crippen LogP contribution in [0.2, 0.25) is 0 Å². The Balaban J connectivity index is 2.57. The monoisotopic (exact) mass is 327 g/mol. The molecule has 0 radical (unpaired) electrons. The van der Waals surface area contributed by atoms with Gasteiger partial charge in [0.2, 0.25) is 0 Å². The second kappa shape index (κ2) is 7.25. The first-order valence-corrected chi connectivity index (χ1v) is 7.90. The smallest absolute Gasteiger partial charge is 0.344 e. The number of carbonyl (C=O) groups excluding carboxylic acids is 1. The number of non-ortho nitro benzene ring substituents is 1. The van der Waals surface area contributed by atoms with Crippen molar-refractivity contribution in [2.75, 3.05) is 0 Å². The van der Waals surface area contributed by atoms with Crippen LogP contribution in [0.3, 0.4) is 0 Å². The molecule has 2 aromatic rings. The Bertz CT molecular complexity index is 722. The Kier molecular flexibility index (Phi) is 5.34. The fourth-order valence-electron chi connectivity index (χ4n) is 2.57. The molecule has 0 aliphatic heterocycles. The number of para-hydroxylation sites is 1. The van der Waals surface area contributed by atoms with Crippen molar-refractivity contribution in [2.24, 2.45) is 0 Å². The van der Waals surface area contributed by atoms with Crippen molar-refractivity contribution in [3.05, 3.63) is 69.3 Å². The molecule has 0 saturated carbocycles.